The van der Waals surface area contributed by atoms with Crippen molar-refractivity contribution in [3.05, 3.63) is 52.3 Å². The molecule has 0 atom stereocenters. The standard InChI is InChI=1S/C14H19N3/c1-10-4-11(2)6-13(5-10)8-17-9-14(7-15)12(3)16-17/h4-6,9H,7-8,15H2,1-3H3. The van der Waals surface area contributed by atoms with Crippen LogP contribution in [-0.2, 0) is 13.1 Å². The molecule has 0 radical (unpaired) electrons. The lowest BCUT2D eigenvalue weighted by Crippen LogP contribution is -2.01. The zero-order valence-corrected chi connectivity index (χ0v) is 10.7. The lowest BCUT2D eigenvalue weighted by atomic mass is 10.1. The molecule has 1 heterocycles. The average Bonchev–Trinajstić information content (AvgIpc) is 2.57. The van der Waals surface area contributed by atoms with Crippen molar-refractivity contribution < 1.29 is 0 Å². The Balaban J connectivity index is 2.24. The molecule has 0 saturated carbocycles. The van der Waals surface area contributed by atoms with Crippen molar-refractivity contribution in [2.45, 2.75) is 33.9 Å². The molecule has 2 aromatic rings. The van der Waals surface area contributed by atoms with Crippen molar-refractivity contribution >= 4 is 0 Å². The van der Waals surface area contributed by atoms with Crippen molar-refractivity contribution in [3.63, 3.8) is 0 Å². The van der Waals surface area contributed by atoms with E-state index < -0.39 is 0 Å². The molecule has 0 bridgehead atoms. The van der Waals surface area contributed by atoms with Gasteiger partial charge in [0.15, 0.2) is 0 Å². The van der Waals surface area contributed by atoms with Gasteiger partial charge in [-0.05, 0) is 26.3 Å². The van der Waals surface area contributed by atoms with Gasteiger partial charge in [0.05, 0.1) is 12.2 Å². The van der Waals surface area contributed by atoms with Crippen LogP contribution in [0.2, 0.25) is 0 Å². The summed E-state index contributed by atoms with van der Waals surface area (Å²) >= 11 is 0. The van der Waals surface area contributed by atoms with Gasteiger partial charge >= 0.3 is 0 Å². The van der Waals surface area contributed by atoms with E-state index in [1.165, 1.54) is 16.7 Å². The van der Waals surface area contributed by atoms with Gasteiger partial charge in [0.25, 0.3) is 0 Å². The highest BCUT2D eigenvalue weighted by Gasteiger charge is 2.04. The van der Waals surface area contributed by atoms with E-state index in [4.69, 9.17) is 5.73 Å². The highest BCUT2D eigenvalue weighted by Crippen LogP contribution is 2.11. The quantitative estimate of drug-likeness (QED) is 0.877. The Kier molecular flexibility index (Phi) is 3.29. The maximum atomic E-state index is 5.65. The molecule has 0 amide bonds. The van der Waals surface area contributed by atoms with Crippen LogP contribution < -0.4 is 5.73 Å². The molecule has 1 aromatic heterocycles. The Morgan fingerprint density at radius 3 is 2.29 bits per heavy atom. The van der Waals surface area contributed by atoms with Crippen LogP contribution in [0, 0.1) is 20.8 Å². The summed E-state index contributed by atoms with van der Waals surface area (Å²) in [7, 11) is 0. The van der Waals surface area contributed by atoms with Crippen LogP contribution in [0.15, 0.2) is 24.4 Å². The summed E-state index contributed by atoms with van der Waals surface area (Å²) < 4.78 is 1.96. The minimum atomic E-state index is 0.554. The number of nitrogens with zero attached hydrogens (tertiary/aromatic N) is 2. The molecule has 0 fully saturated rings. The Bertz CT molecular complexity index is 506. The van der Waals surface area contributed by atoms with Crippen LogP contribution in [0.1, 0.15) is 27.9 Å². The molecular weight excluding hydrogens is 210 g/mol. The molecule has 2 N–H and O–H groups in total. The fraction of sp³-hybridized carbons (Fsp3) is 0.357. The summed E-state index contributed by atoms with van der Waals surface area (Å²) in [6.45, 7) is 7.61. The zero-order valence-electron chi connectivity index (χ0n) is 10.7. The Morgan fingerprint density at radius 1 is 1.12 bits per heavy atom. The van der Waals surface area contributed by atoms with Crippen molar-refractivity contribution in [1.29, 1.82) is 0 Å². The first kappa shape index (κ1) is 11.9. The molecule has 0 aliphatic rings. The zero-order chi connectivity index (χ0) is 12.4. The third kappa shape index (κ3) is 2.74. The second-order valence-electron chi connectivity index (χ2n) is 4.64. The number of benzene rings is 1. The Labute approximate surface area is 102 Å². The van der Waals surface area contributed by atoms with Crippen LogP contribution >= 0.6 is 0 Å². The summed E-state index contributed by atoms with van der Waals surface area (Å²) in [5.41, 5.74) is 11.7. The highest BCUT2D eigenvalue weighted by molar-refractivity contribution is 5.29. The minimum Gasteiger partial charge on any atom is -0.326 e. The first-order valence-corrected chi connectivity index (χ1v) is 5.88. The summed E-state index contributed by atoms with van der Waals surface area (Å²) in [5.74, 6) is 0. The van der Waals surface area contributed by atoms with E-state index in [2.05, 4.69) is 37.1 Å². The number of aromatic nitrogens is 2. The molecule has 1 aromatic carbocycles. The summed E-state index contributed by atoms with van der Waals surface area (Å²) in [6.07, 6.45) is 2.03. The van der Waals surface area contributed by atoms with Crippen molar-refractivity contribution in [2.24, 2.45) is 5.73 Å². The number of aryl methyl sites for hydroxylation is 3. The molecule has 90 valence electrons. The lowest BCUT2D eigenvalue weighted by molar-refractivity contribution is 0.678. The SMILES string of the molecule is Cc1cc(C)cc(Cn2cc(CN)c(C)n2)c1. The van der Waals surface area contributed by atoms with E-state index >= 15 is 0 Å². The van der Waals surface area contributed by atoms with Gasteiger partial charge in [0, 0.05) is 18.3 Å². The fourth-order valence-electron chi connectivity index (χ4n) is 2.19. The molecule has 0 spiro atoms. The normalized spacial score (nSPS) is 10.8. The van der Waals surface area contributed by atoms with Crippen LogP contribution in [0.4, 0.5) is 0 Å². The number of hydrogen-bond acceptors (Lipinski definition) is 2. The van der Waals surface area contributed by atoms with Crippen molar-refractivity contribution in [1.82, 2.24) is 9.78 Å². The summed E-state index contributed by atoms with van der Waals surface area (Å²) in [6, 6.07) is 6.58. The first-order valence-electron chi connectivity index (χ1n) is 5.88. The molecular formula is C14H19N3. The fourth-order valence-corrected chi connectivity index (χ4v) is 2.19. The Morgan fingerprint density at radius 2 is 1.76 bits per heavy atom. The maximum Gasteiger partial charge on any atom is 0.0659 e. The predicted octanol–water partition coefficient (Wildman–Crippen LogP) is 2.32. The van der Waals surface area contributed by atoms with Crippen molar-refractivity contribution in [2.75, 3.05) is 0 Å². The molecule has 0 saturated heterocycles. The monoisotopic (exact) mass is 229 g/mol. The minimum absolute atomic E-state index is 0.554. The molecule has 0 unspecified atom stereocenters. The van der Waals surface area contributed by atoms with Crippen molar-refractivity contribution in [3.8, 4) is 0 Å². The van der Waals surface area contributed by atoms with Crippen LogP contribution in [0.25, 0.3) is 0 Å². The van der Waals surface area contributed by atoms with Gasteiger partial charge in [-0.15, -0.1) is 0 Å². The summed E-state index contributed by atoms with van der Waals surface area (Å²) in [5, 5.41) is 4.47. The second kappa shape index (κ2) is 4.72. The second-order valence-corrected chi connectivity index (χ2v) is 4.64. The molecule has 0 aliphatic carbocycles. The van der Waals surface area contributed by atoms with E-state index in [1.54, 1.807) is 0 Å². The van der Waals surface area contributed by atoms with Gasteiger partial charge in [-0.25, -0.2) is 0 Å². The lowest BCUT2D eigenvalue weighted by Gasteiger charge is -2.05. The van der Waals surface area contributed by atoms with Gasteiger partial charge < -0.3 is 5.73 Å². The third-order valence-corrected chi connectivity index (χ3v) is 2.89. The maximum absolute atomic E-state index is 5.65. The van der Waals surface area contributed by atoms with Gasteiger partial charge in [-0.2, -0.15) is 5.10 Å². The van der Waals surface area contributed by atoms with E-state index in [9.17, 15) is 0 Å². The molecule has 17 heavy (non-hydrogen) atoms. The topological polar surface area (TPSA) is 43.8 Å². The van der Waals surface area contributed by atoms with E-state index in [1.807, 2.05) is 17.8 Å². The van der Waals surface area contributed by atoms with E-state index in [-0.39, 0.29) is 0 Å². The molecule has 0 aliphatic heterocycles. The smallest absolute Gasteiger partial charge is 0.0659 e. The van der Waals surface area contributed by atoms with Gasteiger partial charge in [-0.3, -0.25) is 4.68 Å². The molecule has 3 heteroatoms. The third-order valence-electron chi connectivity index (χ3n) is 2.89. The first-order chi connectivity index (χ1) is 8.08. The number of rotatable bonds is 3. The van der Waals surface area contributed by atoms with E-state index in [0.717, 1.165) is 17.8 Å². The highest BCUT2D eigenvalue weighted by atomic mass is 15.3. The van der Waals surface area contributed by atoms with E-state index in [0.29, 0.717) is 6.54 Å². The molecule has 2 rings (SSSR count). The van der Waals surface area contributed by atoms with Gasteiger partial charge in [0.1, 0.15) is 0 Å². The van der Waals surface area contributed by atoms with Crippen LogP contribution in [-0.4, -0.2) is 9.78 Å². The largest absolute Gasteiger partial charge is 0.326 e. The molecule has 3 nitrogen and oxygen atoms in total. The van der Waals surface area contributed by atoms with Crippen LogP contribution in [0.3, 0.4) is 0 Å². The Hall–Kier alpha value is -1.61. The van der Waals surface area contributed by atoms with Crippen LogP contribution in [0.5, 0.6) is 0 Å². The average molecular weight is 229 g/mol. The number of hydrogen-bond donors (Lipinski definition) is 1. The van der Waals surface area contributed by atoms with Gasteiger partial charge in [-0.1, -0.05) is 29.3 Å². The number of nitrogens with two attached hydrogens (primary N) is 1. The predicted molar refractivity (Wildman–Crippen MR) is 69.9 cm³/mol. The van der Waals surface area contributed by atoms with Gasteiger partial charge in [0.2, 0.25) is 0 Å². The summed E-state index contributed by atoms with van der Waals surface area (Å²) in [4.78, 5) is 0.